The van der Waals surface area contributed by atoms with Crippen LogP contribution in [0.2, 0.25) is 0 Å². The summed E-state index contributed by atoms with van der Waals surface area (Å²) in [6.45, 7) is 2.58. The lowest BCUT2D eigenvalue weighted by Gasteiger charge is -2.31. The van der Waals surface area contributed by atoms with E-state index in [9.17, 15) is 8.42 Å². The van der Waals surface area contributed by atoms with Crippen LogP contribution in [0.25, 0.3) is 0 Å². The van der Waals surface area contributed by atoms with Crippen molar-refractivity contribution >= 4 is 21.6 Å². The summed E-state index contributed by atoms with van der Waals surface area (Å²) in [7, 11) is -3.36. The zero-order valence-corrected chi connectivity index (χ0v) is 11.4. The van der Waals surface area contributed by atoms with Crippen LogP contribution >= 0.6 is 11.6 Å². The summed E-state index contributed by atoms with van der Waals surface area (Å²) in [6, 6.07) is 1.70. The number of nitrogens with zero attached hydrogens (tertiary/aromatic N) is 1. The molecule has 17 heavy (non-hydrogen) atoms. The largest absolute Gasteiger partial charge is 0.363 e. The normalized spacial score (nSPS) is 22.8. The van der Waals surface area contributed by atoms with E-state index >= 15 is 0 Å². The molecule has 2 rings (SSSR count). The highest BCUT2D eigenvalue weighted by Gasteiger charge is 2.31. The average molecular weight is 277 g/mol. The zero-order chi connectivity index (χ0) is 12.5. The smallest absolute Gasteiger partial charge is 0.244 e. The molecule has 1 aliphatic rings. The highest BCUT2D eigenvalue weighted by Crippen LogP contribution is 2.25. The maximum atomic E-state index is 12.4. The number of sulfonamides is 1. The third kappa shape index (κ3) is 2.51. The molecule has 4 nitrogen and oxygen atoms in total. The van der Waals surface area contributed by atoms with E-state index in [0.29, 0.717) is 17.3 Å². The van der Waals surface area contributed by atoms with Crippen molar-refractivity contribution in [3.63, 3.8) is 0 Å². The molecule has 6 heteroatoms. The third-order valence-electron chi connectivity index (χ3n) is 3.21. The van der Waals surface area contributed by atoms with E-state index in [1.807, 2.05) is 6.92 Å². The molecule has 0 aromatic carbocycles. The first-order valence-electron chi connectivity index (χ1n) is 5.81. The number of hydrogen-bond donors (Lipinski definition) is 1. The molecule has 1 aliphatic heterocycles. The number of rotatable bonds is 3. The van der Waals surface area contributed by atoms with E-state index in [1.54, 1.807) is 10.4 Å². The second kappa shape index (κ2) is 5.00. The highest BCUT2D eigenvalue weighted by atomic mass is 35.5. The maximum absolute atomic E-state index is 12.4. The van der Waals surface area contributed by atoms with Gasteiger partial charge in [-0.2, -0.15) is 4.31 Å². The minimum absolute atomic E-state index is 0.0862. The van der Waals surface area contributed by atoms with Crippen molar-refractivity contribution < 1.29 is 8.42 Å². The zero-order valence-electron chi connectivity index (χ0n) is 9.82. The van der Waals surface area contributed by atoms with Gasteiger partial charge in [0.1, 0.15) is 0 Å². The van der Waals surface area contributed by atoms with Crippen molar-refractivity contribution in [2.75, 3.05) is 6.54 Å². The van der Waals surface area contributed by atoms with Crippen molar-refractivity contribution in [2.24, 2.45) is 0 Å². The monoisotopic (exact) mass is 276 g/mol. The minimum atomic E-state index is -3.36. The molecule has 1 atom stereocenters. The lowest BCUT2D eigenvalue weighted by Crippen LogP contribution is -2.41. The third-order valence-corrected chi connectivity index (χ3v) is 5.49. The van der Waals surface area contributed by atoms with Crippen LogP contribution in [-0.2, 0) is 15.9 Å². The fraction of sp³-hybridized carbons (Fsp3) is 0.636. The Labute approximate surface area is 107 Å². The van der Waals surface area contributed by atoms with Crippen molar-refractivity contribution in [3.8, 4) is 0 Å². The second-order valence-electron chi connectivity index (χ2n) is 4.45. The van der Waals surface area contributed by atoms with Crippen LogP contribution in [-0.4, -0.2) is 30.3 Å². The van der Waals surface area contributed by atoms with Crippen LogP contribution in [0.1, 0.15) is 31.9 Å². The van der Waals surface area contributed by atoms with Gasteiger partial charge < -0.3 is 4.98 Å². The molecule has 0 bridgehead atoms. The summed E-state index contributed by atoms with van der Waals surface area (Å²) < 4.78 is 26.4. The van der Waals surface area contributed by atoms with Crippen molar-refractivity contribution in [3.05, 3.63) is 18.0 Å². The van der Waals surface area contributed by atoms with E-state index in [2.05, 4.69) is 4.98 Å². The number of alkyl halides is 1. The van der Waals surface area contributed by atoms with E-state index in [-0.39, 0.29) is 6.04 Å². The van der Waals surface area contributed by atoms with E-state index < -0.39 is 10.0 Å². The number of nitrogens with one attached hydrogen (secondary N) is 1. The fourth-order valence-electron chi connectivity index (χ4n) is 2.21. The molecule has 0 radical (unpaired) electrons. The van der Waals surface area contributed by atoms with Gasteiger partial charge >= 0.3 is 0 Å². The second-order valence-corrected chi connectivity index (χ2v) is 6.61. The first-order chi connectivity index (χ1) is 8.05. The summed E-state index contributed by atoms with van der Waals surface area (Å²) in [4.78, 5) is 3.20. The van der Waals surface area contributed by atoms with Crippen LogP contribution in [0.5, 0.6) is 0 Å². The standard InChI is InChI=1S/C11H17ClN2O2S/c1-9-4-2-3-5-14(9)17(15,16)11-6-10(7-12)13-8-11/h6,8-9,13H,2-5,7H2,1H3. The molecular weight excluding hydrogens is 260 g/mol. The van der Waals surface area contributed by atoms with Gasteiger partial charge in [-0.1, -0.05) is 6.42 Å². The van der Waals surface area contributed by atoms with Gasteiger partial charge in [0.05, 0.1) is 10.8 Å². The van der Waals surface area contributed by atoms with E-state index in [0.717, 1.165) is 25.0 Å². The molecule has 1 unspecified atom stereocenters. The maximum Gasteiger partial charge on any atom is 0.244 e. The summed E-state index contributed by atoms with van der Waals surface area (Å²) in [5.74, 6) is 0.297. The minimum Gasteiger partial charge on any atom is -0.363 e. The summed E-state index contributed by atoms with van der Waals surface area (Å²) in [6.07, 6.45) is 4.50. The SMILES string of the molecule is CC1CCCCN1S(=O)(=O)c1c[nH]c(CCl)c1. The van der Waals surface area contributed by atoms with Crippen LogP contribution in [0.4, 0.5) is 0 Å². The van der Waals surface area contributed by atoms with Crippen molar-refractivity contribution in [1.29, 1.82) is 0 Å². The summed E-state index contributed by atoms with van der Waals surface area (Å²) in [5.41, 5.74) is 0.731. The van der Waals surface area contributed by atoms with Gasteiger partial charge in [-0.3, -0.25) is 0 Å². The lowest BCUT2D eigenvalue weighted by atomic mass is 10.1. The van der Waals surface area contributed by atoms with Crippen LogP contribution < -0.4 is 0 Å². The van der Waals surface area contributed by atoms with Gasteiger partial charge in [-0.15, -0.1) is 11.6 Å². The molecule has 1 aromatic heterocycles. The Morgan fingerprint density at radius 2 is 2.29 bits per heavy atom. The van der Waals surface area contributed by atoms with Gasteiger partial charge in [-0.05, 0) is 25.8 Å². The summed E-state index contributed by atoms with van der Waals surface area (Å²) >= 11 is 5.67. The first-order valence-corrected chi connectivity index (χ1v) is 7.78. The van der Waals surface area contributed by atoms with Gasteiger partial charge in [-0.25, -0.2) is 8.42 Å². The number of aromatic nitrogens is 1. The Morgan fingerprint density at radius 1 is 1.53 bits per heavy atom. The Kier molecular flexibility index (Phi) is 3.80. The molecule has 0 amide bonds. The molecule has 1 fully saturated rings. The summed E-state index contributed by atoms with van der Waals surface area (Å²) in [5, 5.41) is 0. The number of hydrogen-bond acceptors (Lipinski definition) is 2. The van der Waals surface area contributed by atoms with Gasteiger partial charge in [0.25, 0.3) is 0 Å². The molecule has 0 spiro atoms. The van der Waals surface area contributed by atoms with Crippen molar-refractivity contribution in [1.82, 2.24) is 9.29 Å². The molecule has 1 saturated heterocycles. The Bertz CT molecular complexity index is 483. The predicted molar refractivity (Wildman–Crippen MR) is 67.6 cm³/mol. The van der Waals surface area contributed by atoms with Crippen LogP contribution in [0, 0.1) is 0 Å². The molecular formula is C11H17ClN2O2S. The van der Waals surface area contributed by atoms with Crippen LogP contribution in [0.3, 0.4) is 0 Å². The van der Waals surface area contributed by atoms with E-state index in [4.69, 9.17) is 11.6 Å². The Hall–Kier alpha value is -0.520. The van der Waals surface area contributed by atoms with Gasteiger partial charge in [0.15, 0.2) is 0 Å². The molecule has 2 heterocycles. The molecule has 0 aliphatic carbocycles. The number of halogens is 1. The number of aromatic amines is 1. The Balaban J connectivity index is 2.28. The highest BCUT2D eigenvalue weighted by molar-refractivity contribution is 7.89. The van der Waals surface area contributed by atoms with Crippen molar-refractivity contribution in [2.45, 2.75) is 43.0 Å². The first kappa shape index (κ1) is 12.9. The van der Waals surface area contributed by atoms with Gasteiger partial charge in [0.2, 0.25) is 10.0 Å². The molecule has 0 saturated carbocycles. The molecule has 96 valence electrons. The van der Waals surface area contributed by atoms with E-state index in [1.165, 1.54) is 6.20 Å². The average Bonchev–Trinajstić information content (AvgIpc) is 2.78. The Morgan fingerprint density at radius 3 is 2.88 bits per heavy atom. The number of piperidine rings is 1. The lowest BCUT2D eigenvalue weighted by molar-refractivity contribution is 0.268. The molecule has 1 N–H and O–H groups in total. The number of H-pyrrole nitrogens is 1. The molecule has 1 aromatic rings. The predicted octanol–water partition coefficient (Wildman–Crippen LogP) is 2.32. The fourth-order valence-corrected chi connectivity index (χ4v) is 4.08. The van der Waals surface area contributed by atoms with Gasteiger partial charge in [0, 0.05) is 24.5 Å². The topological polar surface area (TPSA) is 53.2 Å². The quantitative estimate of drug-likeness (QED) is 0.862. The van der Waals surface area contributed by atoms with Crippen LogP contribution in [0.15, 0.2) is 17.2 Å².